The number of hydrogen-bond donors (Lipinski definition) is 0. The fourth-order valence-corrected chi connectivity index (χ4v) is 2.35. The normalized spacial score (nSPS) is 20.8. The zero-order chi connectivity index (χ0) is 13.2. The van der Waals surface area contributed by atoms with Crippen LogP contribution in [0.5, 0.6) is 0 Å². The SMILES string of the molecule is O=[N+]([O-])C1C=c2ccccc2=NC1c1ccccc1. The van der Waals surface area contributed by atoms with Crippen molar-refractivity contribution in [3.63, 3.8) is 0 Å². The molecule has 4 heteroatoms. The number of para-hydroxylation sites is 1. The highest BCUT2D eigenvalue weighted by molar-refractivity contribution is 5.36. The van der Waals surface area contributed by atoms with Crippen molar-refractivity contribution in [2.45, 2.75) is 12.1 Å². The summed E-state index contributed by atoms with van der Waals surface area (Å²) in [4.78, 5) is 15.5. The summed E-state index contributed by atoms with van der Waals surface area (Å²) < 4.78 is 0. The van der Waals surface area contributed by atoms with Gasteiger partial charge < -0.3 is 0 Å². The smallest absolute Gasteiger partial charge is 0.258 e. The molecular formula is C15H12N2O2. The highest BCUT2D eigenvalue weighted by atomic mass is 16.6. The summed E-state index contributed by atoms with van der Waals surface area (Å²) in [5.74, 6) is 0. The Morgan fingerprint density at radius 1 is 1.00 bits per heavy atom. The zero-order valence-electron chi connectivity index (χ0n) is 10.1. The Labute approximate surface area is 109 Å². The third kappa shape index (κ3) is 2.12. The van der Waals surface area contributed by atoms with Crippen LogP contribution in [-0.2, 0) is 0 Å². The summed E-state index contributed by atoms with van der Waals surface area (Å²) in [6.45, 7) is 0. The standard InChI is InChI=1S/C15H12N2O2/c18-17(19)14-10-12-8-4-5-9-13(12)16-15(14)11-6-2-1-3-7-11/h1-10,14-15H. The molecule has 0 amide bonds. The van der Waals surface area contributed by atoms with Gasteiger partial charge in [-0.1, -0.05) is 48.5 Å². The minimum absolute atomic E-state index is 0.267. The maximum absolute atomic E-state index is 11.3. The number of benzene rings is 2. The average Bonchev–Trinajstić information content (AvgIpc) is 2.46. The summed E-state index contributed by atoms with van der Waals surface area (Å²) in [5.41, 5.74) is 0.870. The van der Waals surface area contributed by atoms with Gasteiger partial charge in [0.05, 0.1) is 5.36 Å². The Hall–Kier alpha value is -2.49. The first-order valence-electron chi connectivity index (χ1n) is 6.09. The van der Waals surface area contributed by atoms with Crippen molar-refractivity contribution in [3.05, 3.63) is 80.9 Å². The van der Waals surface area contributed by atoms with Crippen LogP contribution in [-0.4, -0.2) is 11.0 Å². The van der Waals surface area contributed by atoms with Gasteiger partial charge in [0.15, 0.2) is 0 Å². The molecule has 0 aliphatic carbocycles. The predicted molar refractivity (Wildman–Crippen MR) is 71.7 cm³/mol. The summed E-state index contributed by atoms with van der Waals surface area (Å²) in [6.07, 6.45) is 1.69. The van der Waals surface area contributed by atoms with E-state index in [1.165, 1.54) is 0 Å². The number of nitro groups is 1. The van der Waals surface area contributed by atoms with Crippen molar-refractivity contribution >= 4 is 6.08 Å². The van der Waals surface area contributed by atoms with Crippen molar-refractivity contribution in [3.8, 4) is 0 Å². The lowest BCUT2D eigenvalue weighted by Gasteiger charge is -2.18. The third-order valence-electron chi connectivity index (χ3n) is 3.27. The fraction of sp³-hybridized carbons (Fsp3) is 0.133. The van der Waals surface area contributed by atoms with Gasteiger partial charge in [-0.05, 0) is 11.6 Å². The van der Waals surface area contributed by atoms with Crippen LogP contribution in [0.3, 0.4) is 0 Å². The van der Waals surface area contributed by atoms with Crippen LogP contribution in [0.25, 0.3) is 6.08 Å². The maximum atomic E-state index is 11.3. The monoisotopic (exact) mass is 252 g/mol. The molecule has 4 nitrogen and oxygen atoms in total. The first kappa shape index (κ1) is 11.6. The van der Waals surface area contributed by atoms with Gasteiger partial charge in [-0.3, -0.25) is 15.1 Å². The first-order chi connectivity index (χ1) is 9.25. The Bertz CT molecular complexity index is 725. The molecule has 1 aliphatic rings. The Balaban J connectivity index is 2.18. The minimum Gasteiger partial charge on any atom is -0.269 e. The molecule has 0 radical (unpaired) electrons. The molecule has 0 fully saturated rings. The Morgan fingerprint density at radius 2 is 1.68 bits per heavy atom. The molecule has 0 aromatic heterocycles. The van der Waals surface area contributed by atoms with E-state index in [0.717, 1.165) is 16.1 Å². The van der Waals surface area contributed by atoms with Gasteiger partial charge in [0.25, 0.3) is 6.04 Å². The van der Waals surface area contributed by atoms with Gasteiger partial charge in [-0.25, -0.2) is 0 Å². The van der Waals surface area contributed by atoms with Crippen molar-refractivity contribution in [2.24, 2.45) is 4.99 Å². The molecule has 0 N–H and O–H groups in total. The Morgan fingerprint density at radius 3 is 2.42 bits per heavy atom. The molecule has 1 aliphatic heterocycles. The van der Waals surface area contributed by atoms with Crippen LogP contribution in [0.15, 0.2) is 59.6 Å². The van der Waals surface area contributed by atoms with Gasteiger partial charge >= 0.3 is 0 Å². The molecule has 0 spiro atoms. The quantitative estimate of drug-likeness (QED) is 0.600. The minimum atomic E-state index is -0.808. The van der Waals surface area contributed by atoms with E-state index in [1.807, 2.05) is 54.6 Å². The summed E-state index contributed by atoms with van der Waals surface area (Å²) in [6, 6.07) is 15.7. The molecule has 94 valence electrons. The lowest BCUT2D eigenvalue weighted by atomic mass is 9.97. The maximum Gasteiger partial charge on any atom is 0.258 e. The third-order valence-corrected chi connectivity index (χ3v) is 3.27. The summed E-state index contributed by atoms with van der Waals surface area (Å²) >= 11 is 0. The van der Waals surface area contributed by atoms with E-state index >= 15 is 0 Å². The molecular weight excluding hydrogens is 240 g/mol. The molecule has 2 unspecified atom stereocenters. The second-order valence-electron chi connectivity index (χ2n) is 4.49. The van der Waals surface area contributed by atoms with Crippen LogP contribution >= 0.6 is 0 Å². The van der Waals surface area contributed by atoms with Gasteiger partial charge in [-0.2, -0.15) is 0 Å². The molecule has 3 rings (SSSR count). The molecule has 0 bridgehead atoms. The van der Waals surface area contributed by atoms with Crippen LogP contribution < -0.4 is 10.6 Å². The van der Waals surface area contributed by atoms with E-state index in [-0.39, 0.29) is 4.92 Å². The van der Waals surface area contributed by atoms with Gasteiger partial charge in [0.1, 0.15) is 6.04 Å². The van der Waals surface area contributed by atoms with Gasteiger partial charge in [0, 0.05) is 16.2 Å². The summed E-state index contributed by atoms with van der Waals surface area (Å²) in [7, 11) is 0. The average molecular weight is 252 g/mol. The number of hydrogen-bond acceptors (Lipinski definition) is 3. The lowest BCUT2D eigenvalue weighted by molar-refractivity contribution is -0.508. The van der Waals surface area contributed by atoms with Gasteiger partial charge in [0.2, 0.25) is 0 Å². The topological polar surface area (TPSA) is 55.5 Å². The van der Waals surface area contributed by atoms with E-state index < -0.39 is 12.1 Å². The molecule has 2 aromatic rings. The lowest BCUT2D eigenvalue weighted by Crippen LogP contribution is -2.38. The number of rotatable bonds is 2. The van der Waals surface area contributed by atoms with Gasteiger partial charge in [-0.15, -0.1) is 0 Å². The highest BCUT2D eigenvalue weighted by Crippen LogP contribution is 2.24. The van der Waals surface area contributed by atoms with E-state index in [0.29, 0.717) is 0 Å². The second kappa shape index (κ2) is 4.65. The zero-order valence-corrected chi connectivity index (χ0v) is 10.1. The molecule has 2 atom stereocenters. The number of nitrogens with zero attached hydrogens (tertiary/aromatic N) is 2. The molecule has 19 heavy (non-hydrogen) atoms. The molecule has 2 aromatic carbocycles. The predicted octanol–water partition coefficient (Wildman–Crippen LogP) is 1.49. The fourth-order valence-electron chi connectivity index (χ4n) is 2.35. The van der Waals surface area contributed by atoms with Crippen LogP contribution in [0, 0.1) is 10.1 Å². The van der Waals surface area contributed by atoms with Crippen LogP contribution in [0.1, 0.15) is 11.6 Å². The highest BCUT2D eigenvalue weighted by Gasteiger charge is 2.31. The van der Waals surface area contributed by atoms with Crippen molar-refractivity contribution in [1.82, 2.24) is 0 Å². The first-order valence-corrected chi connectivity index (χ1v) is 6.09. The molecule has 0 saturated heterocycles. The van der Waals surface area contributed by atoms with E-state index in [1.54, 1.807) is 6.08 Å². The molecule has 1 heterocycles. The van der Waals surface area contributed by atoms with Crippen LogP contribution in [0.2, 0.25) is 0 Å². The Kier molecular flexibility index (Phi) is 2.83. The largest absolute Gasteiger partial charge is 0.269 e. The van der Waals surface area contributed by atoms with Crippen LogP contribution in [0.4, 0.5) is 0 Å². The second-order valence-corrected chi connectivity index (χ2v) is 4.49. The molecule has 0 saturated carbocycles. The number of fused-ring (bicyclic) bond motifs is 1. The van der Waals surface area contributed by atoms with E-state index in [2.05, 4.69) is 4.99 Å². The van der Waals surface area contributed by atoms with E-state index in [4.69, 9.17) is 0 Å². The van der Waals surface area contributed by atoms with Crippen molar-refractivity contribution < 1.29 is 4.92 Å². The summed E-state index contributed by atoms with van der Waals surface area (Å²) in [5, 5.41) is 12.9. The van der Waals surface area contributed by atoms with E-state index in [9.17, 15) is 10.1 Å². The van der Waals surface area contributed by atoms with Crippen molar-refractivity contribution in [1.29, 1.82) is 0 Å². The van der Waals surface area contributed by atoms with Crippen molar-refractivity contribution in [2.75, 3.05) is 0 Å².